The number of nitrogens with one attached hydrogen (secondary N) is 2. The van der Waals surface area contributed by atoms with E-state index in [1.54, 1.807) is 0 Å². The molecule has 2 fully saturated rings. The summed E-state index contributed by atoms with van der Waals surface area (Å²) < 4.78 is 5.46. The number of morpholine rings is 1. The highest BCUT2D eigenvalue weighted by molar-refractivity contribution is 5.76. The highest BCUT2D eigenvalue weighted by atomic mass is 16.5. The van der Waals surface area contributed by atoms with Gasteiger partial charge in [-0.2, -0.15) is 0 Å². The molecule has 17 heavy (non-hydrogen) atoms. The van der Waals surface area contributed by atoms with Gasteiger partial charge in [-0.3, -0.25) is 9.69 Å². The van der Waals surface area contributed by atoms with E-state index in [0.717, 1.165) is 45.8 Å². The summed E-state index contributed by atoms with van der Waals surface area (Å²) in [4.78, 5) is 13.7. The third kappa shape index (κ3) is 3.94. The molecular weight excluding hydrogens is 218 g/mol. The minimum Gasteiger partial charge on any atom is -0.379 e. The molecule has 2 rings (SSSR count). The highest BCUT2D eigenvalue weighted by Crippen LogP contribution is 2.10. The van der Waals surface area contributed by atoms with Gasteiger partial charge in [-0.15, -0.1) is 0 Å². The maximum atomic E-state index is 11.3. The van der Waals surface area contributed by atoms with E-state index in [4.69, 9.17) is 4.74 Å². The van der Waals surface area contributed by atoms with Crippen molar-refractivity contribution in [2.75, 3.05) is 39.4 Å². The van der Waals surface area contributed by atoms with Crippen LogP contribution in [0, 0.1) is 0 Å². The third-order valence-electron chi connectivity index (χ3n) is 3.59. The summed E-state index contributed by atoms with van der Waals surface area (Å²) >= 11 is 0. The summed E-state index contributed by atoms with van der Waals surface area (Å²) in [6, 6.07) is 0.965. The Labute approximate surface area is 103 Å². The van der Waals surface area contributed by atoms with Crippen LogP contribution in [0.3, 0.4) is 0 Å². The van der Waals surface area contributed by atoms with Crippen molar-refractivity contribution < 1.29 is 9.53 Å². The zero-order chi connectivity index (χ0) is 12.1. The van der Waals surface area contributed by atoms with E-state index >= 15 is 0 Å². The van der Waals surface area contributed by atoms with Gasteiger partial charge in [-0.05, 0) is 13.3 Å². The van der Waals surface area contributed by atoms with E-state index < -0.39 is 0 Å². The molecule has 1 amide bonds. The van der Waals surface area contributed by atoms with Gasteiger partial charge in [0.25, 0.3) is 0 Å². The van der Waals surface area contributed by atoms with Crippen LogP contribution in [-0.4, -0.2) is 62.3 Å². The van der Waals surface area contributed by atoms with Crippen LogP contribution in [0.5, 0.6) is 0 Å². The molecule has 0 spiro atoms. The lowest BCUT2D eigenvalue weighted by Gasteiger charge is -2.32. The predicted octanol–water partition coefficient (Wildman–Crippen LogP) is -0.425. The molecule has 0 radical (unpaired) electrons. The molecule has 0 aliphatic carbocycles. The molecule has 2 aliphatic rings. The van der Waals surface area contributed by atoms with Crippen LogP contribution in [0.15, 0.2) is 0 Å². The largest absolute Gasteiger partial charge is 0.379 e. The molecule has 0 aromatic carbocycles. The zero-order valence-electron chi connectivity index (χ0n) is 10.6. The van der Waals surface area contributed by atoms with Crippen molar-refractivity contribution in [3.8, 4) is 0 Å². The number of hydrogen-bond acceptors (Lipinski definition) is 4. The SMILES string of the molecule is CC(CC1COCCN1)N1CCNC(=O)CC1. The summed E-state index contributed by atoms with van der Waals surface area (Å²) in [6.45, 7) is 7.45. The Morgan fingerprint density at radius 3 is 3.12 bits per heavy atom. The standard InChI is InChI=1S/C12H23N3O2/c1-10(8-11-9-17-7-4-13-11)15-5-2-12(16)14-3-6-15/h10-11,13H,2-9H2,1H3,(H,14,16). The maximum absolute atomic E-state index is 11.3. The van der Waals surface area contributed by atoms with E-state index in [-0.39, 0.29) is 5.91 Å². The summed E-state index contributed by atoms with van der Waals surface area (Å²) in [7, 11) is 0. The fraction of sp³-hybridized carbons (Fsp3) is 0.917. The first-order valence-electron chi connectivity index (χ1n) is 6.57. The number of carbonyl (C=O) groups is 1. The van der Waals surface area contributed by atoms with E-state index in [1.165, 1.54) is 0 Å². The highest BCUT2D eigenvalue weighted by Gasteiger charge is 2.22. The van der Waals surface area contributed by atoms with Crippen LogP contribution in [0.2, 0.25) is 0 Å². The van der Waals surface area contributed by atoms with Gasteiger partial charge in [-0.1, -0.05) is 0 Å². The van der Waals surface area contributed by atoms with Gasteiger partial charge < -0.3 is 15.4 Å². The Balaban J connectivity index is 1.77. The van der Waals surface area contributed by atoms with E-state index in [2.05, 4.69) is 22.5 Å². The number of nitrogens with zero attached hydrogens (tertiary/aromatic N) is 1. The first-order chi connectivity index (χ1) is 8.25. The van der Waals surface area contributed by atoms with Gasteiger partial charge in [0.05, 0.1) is 13.2 Å². The van der Waals surface area contributed by atoms with Crippen molar-refractivity contribution in [2.45, 2.75) is 31.8 Å². The fourth-order valence-corrected chi connectivity index (χ4v) is 2.56. The van der Waals surface area contributed by atoms with Gasteiger partial charge in [0, 0.05) is 44.7 Å². The van der Waals surface area contributed by atoms with Crippen LogP contribution in [0.4, 0.5) is 0 Å². The molecule has 5 heteroatoms. The molecule has 5 nitrogen and oxygen atoms in total. The molecule has 98 valence electrons. The van der Waals surface area contributed by atoms with Crippen molar-refractivity contribution in [1.82, 2.24) is 15.5 Å². The number of rotatable bonds is 3. The summed E-state index contributed by atoms with van der Waals surface area (Å²) in [5, 5.41) is 6.39. The van der Waals surface area contributed by atoms with Gasteiger partial charge >= 0.3 is 0 Å². The average molecular weight is 241 g/mol. The fourth-order valence-electron chi connectivity index (χ4n) is 2.56. The third-order valence-corrected chi connectivity index (χ3v) is 3.59. The molecule has 0 aromatic heterocycles. The second-order valence-electron chi connectivity index (χ2n) is 4.95. The van der Waals surface area contributed by atoms with E-state index in [9.17, 15) is 4.79 Å². The molecule has 2 N–H and O–H groups in total. The van der Waals surface area contributed by atoms with Crippen LogP contribution in [-0.2, 0) is 9.53 Å². The Hall–Kier alpha value is -0.650. The summed E-state index contributed by atoms with van der Waals surface area (Å²) in [5.41, 5.74) is 0. The van der Waals surface area contributed by atoms with Crippen molar-refractivity contribution in [2.24, 2.45) is 0 Å². The van der Waals surface area contributed by atoms with Crippen molar-refractivity contribution in [3.63, 3.8) is 0 Å². The lowest BCUT2D eigenvalue weighted by Crippen LogP contribution is -2.46. The normalized spacial score (nSPS) is 29.5. The lowest BCUT2D eigenvalue weighted by molar-refractivity contribution is -0.120. The quantitative estimate of drug-likeness (QED) is 0.704. The van der Waals surface area contributed by atoms with Crippen molar-refractivity contribution in [1.29, 1.82) is 0 Å². The molecule has 0 aromatic rings. The number of amides is 1. The van der Waals surface area contributed by atoms with Gasteiger partial charge in [0.2, 0.25) is 5.91 Å². The van der Waals surface area contributed by atoms with E-state index in [0.29, 0.717) is 18.5 Å². The molecule has 2 heterocycles. The molecule has 0 bridgehead atoms. The first-order valence-corrected chi connectivity index (χ1v) is 6.57. The van der Waals surface area contributed by atoms with Crippen molar-refractivity contribution in [3.05, 3.63) is 0 Å². The van der Waals surface area contributed by atoms with Gasteiger partial charge in [0.1, 0.15) is 0 Å². The zero-order valence-corrected chi connectivity index (χ0v) is 10.6. The maximum Gasteiger partial charge on any atom is 0.221 e. The number of hydrogen-bond donors (Lipinski definition) is 2. The second-order valence-corrected chi connectivity index (χ2v) is 4.95. The Bertz CT molecular complexity index is 254. The molecule has 0 saturated carbocycles. The Morgan fingerprint density at radius 1 is 1.47 bits per heavy atom. The topological polar surface area (TPSA) is 53.6 Å². The second kappa shape index (κ2) is 6.33. The monoisotopic (exact) mass is 241 g/mol. The average Bonchev–Trinajstić information content (AvgIpc) is 2.55. The van der Waals surface area contributed by atoms with Gasteiger partial charge in [-0.25, -0.2) is 0 Å². The van der Waals surface area contributed by atoms with E-state index in [1.807, 2.05) is 0 Å². The Morgan fingerprint density at radius 2 is 2.35 bits per heavy atom. The number of ether oxygens (including phenoxy) is 1. The smallest absolute Gasteiger partial charge is 0.221 e. The van der Waals surface area contributed by atoms with Crippen LogP contribution >= 0.6 is 0 Å². The van der Waals surface area contributed by atoms with Crippen molar-refractivity contribution >= 4 is 5.91 Å². The molecule has 2 atom stereocenters. The summed E-state index contributed by atoms with van der Waals surface area (Å²) in [6.07, 6.45) is 1.72. The minimum absolute atomic E-state index is 0.179. The molecule has 2 unspecified atom stereocenters. The van der Waals surface area contributed by atoms with Crippen LogP contribution in [0.1, 0.15) is 19.8 Å². The molecule has 2 aliphatic heterocycles. The number of carbonyl (C=O) groups excluding carboxylic acids is 1. The summed E-state index contributed by atoms with van der Waals surface area (Å²) in [5.74, 6) is 0.179. The first kappa shape index (κ1) is 12.8. The predicted molar refractivity (Wildman–Crippen MR) is 65.9 cm³/mol. The molecule has 2 saturated heterocycles. The molecular formula is C12H23N3O2. The van der Waals surface area contributed by atoms with Crippen LogP contribution in [0.25, 0.3) is 0 Å². The Kier molecular flexibility index (Phi) is 4.76. The van der Waals surface area contributed by atoms with Crippen LogP contribution < -0.4 is 10.6 Å². The minimum atomic E-state index is 0.179. The lowest BCUT2D eigenvalue weighted by atomic mass is 10.1. The van der Waals surface area contributed by atoms with Gasteiger partial charge in [0.15, 0.2) is 0 Å².